The van der Waals surface area contributed by atoms with E-state index in [1.54, 1.807) is 5.38 Å². The molecule has 0 aromatic carbocycles. The monoisotopic (exact) mass is 376 g/mol. The highest BCUT2D eigenvalue weighted by atomic mass is 79.9. The molecule has 0 aliphatic rings. The Hall–Kier alpha value is -1.83. The third-order valence-corrected chi connectivity index (χ3v) is 5.33. The van der Waals surface area contributed by atoms with Crippen LogP contribution < -0.4 is 4.72 Å². The number of furan rings is 1. The van der Waals surface area contributed by atoms with Gasteiger partial charge in [-0.3, -0.25) is 4.72 Å². The first-order valence-corrected chi connectivity index (χ1v) is 8.04. The smallest absolute Gasteiger partial charge is 0.371 e. The summed E-state index contributed by atoms with van der Waals surface area (Å²) in [5.41, 5.74) is 0.177. The van der Waals surface area contributed by atoms with Crippen LogP contribution in [0.3, 0.4) is 0 Å². The van der Waals surface area contributed by atoms with Crippen LogP contribution in [-0.2, 0) is 10.0 Å². The molecule has 0 bridgehead atoms. The number of hydrogen-bond acceptors (Lipinski definition) is 6. The van der Waals surface area contributed by atoms with Gasteiger partial charge < -0.3 is 9.52 Å². The van der Waals surface area contributed by atoms with Gasteiger partial charge in [0.05, 0.1) is 5.56 Å². The van der Waals surface area contributed by atoms with E-state index in [-0.39, 0.29) is 20.1 Å². The van der Waals surface area contributed by atoms with Crippen LogP contribution in [0.4, 0.5) is 5.00 Å². The summed E-state index contributed by atoms with van der Waals surface area (Å²) >= 11 is 3.89. The summed E-state index contributed by atoms with van der Waals surface area (Å²) in [5, 5.41) is 19.3. The number of anilines is 1. The molecule has 2 N–H and O–H groups in total. The maximum Gasteiger partial charge on any atom is 0.371 e. The van der Waals surface area contributed by atoms with Crippen LogP contribution >= 0.6 is 27.3 Å². The van der Waals surface area contributed by atoms with Crippen molar-refractivity contribution in [1.29, 1.82) is 5.26 Å². The molecule has 0 aliphatic carbocycles. The molecule has 2 aromatic heterocycles. The highest BCUT2D eigenvalue weighted by molar-refractivity contribution is 9.10. The van der Waals surface area contributed by atoms with E-state index in [0.717, 1.165) is 17.4 Å². The Labute approximate surface area is 125 Å². The zero-order chi connectivity index (χ0) is 14.9. The number of nitriles is 1. The van der Waals surface area contributed by atoms with Crippen molar-refractivity contribution in [2.24, 2.45) is 0 Å². The number of carboxylic acid groups (broad SMARTS) is 1. The summed E-state index contributed by atoms with van der Waals surface area (Å²) in [7, 11) is -4.05. The van der Waals surface area contributed by atoms with E-state index in [1.807, 2.05) is 6.07 Å². The second kappa shape index (κ2) is 5.28. The highest BCUT2D eigenvalue weighted by Gasteiger charge is 2.26. The van der Waals surface area contributed by atoms with Gasteiger partial charge >= 0.3 is 5.97 Å². The molecular formula is C10H5BrN2O5S2. The Morgan fingerprint density at radius 1 is 1.55 bits per heavy atom. The predicted octanol–water partition coefficient (Wildman–Crippen LogP) is 2.47. The zero-order valence-corrected chi connectivity index (χ0v) is 12.7. The van der Waals surface area contributed by atoms with Gasteiger partial charge in [-0.2, -0.15) is 5.26 Å². The van der Waals surface area contributed by atoms with Crippen LogP contribution in [0.1, 0.15) is 16.1 Å². The Morgan fingerprint density at radius 3 is 2.80 bits per heavy atom. The van der Waals surface area contributed by atoms with Crippen LogP contribution in [0.25, 0.3) is 0 Å². The number of sulfonamides is 1. The van der Waals surface area contributed by atoms with Gasteiger partial charge in [0.15, 0.2) is 4.67 Å². The van der Waals surface area contributed by atoms with Crippen molar-refractivity contribution in [3.05, 3.63) is 33.5 Å². The number of carbonyl (C=O) groups is 1. The summed E-state index contributed by atoms with van der Waals surface area (Å²) < 4.78 is 31.0. The lowest BCUT2D eigenvalue weighted by Crippen LogP contribution is -2.12. The Bertz CT molecular complexity index is 815. The molecule has 0 radical (unpaired) electrons. The maximum atomic E-state index is 12.1. The number of halogens is 1. The van der Waals surface area contributed by atoms with E-state index in [0.29, 0.717) is 0 Å². The molecule has 0 saturated heterocycles. The van der Waals surface area contributed by atoms with Crippen LogP contribution in [0, 0.1) is 11.3 Å². The third-order valence-electron chi connectivity index (χ3n) is 2.17. The lowest BCUT2D eigenvalue weighted by Gasteiger charge is -2.04. The van der Waals surface area contributed by atoms with Crippen LogP contribution in [0.5, 0.6) is 0 Å². The van der Waals surface area contributed by atoms with E-state index < -0.39 is 21.8 Å². The minimum atomic E-state index is -4.05. The van der Waals surface area contributed by atoms with E-state index in [1.165, 1.54) is 6.07 Å². The molecule has 0 amide bonds. The van der Waals surface area contributed by atoms with Gasteiger partial charge in [-0.1, -0.05) is 0 Å². The Morgan fingerprint density at radius 2 is 2.25 bits per heavy atom. The number of nitrogens with zero attached hydrogens (tertiary/aromatic N) is 1. The molecule has 2 heterocycles. The average Bonchev–Trinajstić information content (AvgIpc) is 2.95. The molecule has 20 heavy (non-hydrogen) atoms. The summed E-state index contributed by atoms with van der Waals surface area (Å²) in [6, 6.07) is 4.19. The SMILES string of the molecule is N#Cc1ccsc1NS(=O)(=O)c1cc(C(=O)O)oc1Br. The van der Waals surface area contributed by atoms with Crippen LogP contribution in [0.15, 0.2) is 31.5 Å². The molecule has 10 heteroatoms. The number of carboxylic acids is 1. The highest BCUT2D eigenvalue weighted by Crippen LogP contribution is 2.30. The van der Waals surface area contributed by atoms with Crippen molar-refractivity contribution in [3.63, 3.8) is 0 Å². The Balaban J connectivity index is 2.41. The molecular weight excluding hydrogens is 372 g/mol. The second-order valence-electron chi connectivity index (χ2n) is 3.43. The predicted molar refractivity (Wildman–Crippen MR) is 73.2 cm³/mol. The normalized spacial score (nSPS) is 11.0. The van der Waals surface area contributed by atoms with E-state index in [2.05, 4.69) is 20.7 Å². The van der Waals surface area contributed by atoms with Crippen molar-refractivity contribution < 1.29 is 22.7 Å². The van der Waals surface area contributed by atoms with Crippen molar-refractivity contribution in [2.45, 2.75) is 4.90 Å². The minimum absolute atomic E-state index is 0.150. The summed E-state index contributed by atoms with van der Waals surface area (Å²) in [6.07, 6.45) is 0. The molecule has 0 fully saturated rings. The zero-order valence-electron chi connectivity index (χ0n) is 9.45. The fourth-order valence-electron chi connectivity index (χ4n) is 1.29. The molecule has 7 nitrogen and oxygen atoms in total. The summed E-state index contributed by atoms with van der Waals surface area (Å²) in [4.78, 5) is 10.4. The molecule has 0 saturated carbocycles. The second-order valence-corrected chi connectivity index (χ2v) is 6.72. The lowest BCUT2D eigenvalue weighted by molar-refractivity contribution is 0.0661. The molecule has 0 unspecified atom stereocenters. The van der Waals surface area contributed by atoms with Gasteiger partial charge in [-0.25, -0.2) is 13.2 Å². The van der Waals surface area contributed by atoms with Gasteiger partial charge in [-0.15, -0.1) is 11.3 Å². The first-order chi connectivity index (χ1) is 9.35. The van der Waals surface area contributed by atoms with Gasteiger partial charge in [0, 0.05) is 6.07 Å². The fourth-order valence-corrected chi connectivity index (χ4v) is 4.30. The number of aromatic carboxylic acids is 1. The van der Waals surface area contributed by atoms with Gasteiger partial charge in [0.25, 0.3) is 10.0 Å². The number of hydrogen-bond donors (Lipinski definition) is 2. The summed E-state index contributed by atoms with van der Waals surface area (Å²) in [6.45, 7) is 0. The van der Waals surface area contributed by atoms with Crippen LogP contribution in [-0.4, -0.2) is 19.5 Å². The van der Waals surface area contributed by atoms with Gasteiger partial charge in [0.1, 0.15) is 16.0 Å². The maximum absolute atomic E-state index is 12.1. The van der Waals surface area contributed by atoms with Crippen molar-refractivity contribution in [1.82, 2.24) is 0 Å². The largest absolute Gasteiger partial charge is 0.475 e. The molecule has 104 valence electrons. The quantitative estimate of drug-likeness (QED) is 0.845. The van der Waals surface area contributed by atoms with Crippen LogP contribution in [0.2, 0.25) is 0 Å². The van der Waals surface area contributed by atoms with Crippen molar-refractivity contribution in [2.75, 3.05) is 4.72 Å². The van der Waals surface area contributed by atoms with Crippen molar-refractivity contribution >= 4 is 48.3 Å². The lowest BCUT2D eigenvalue weighted by atomic mass is 10.4. The fraction of sp³-hybridized carbons (Fsp3) is 0. The number of nitrogens with one attached hydrogen (secondary N) is 1. The minimum Gasteiger partial charge on any atom is -0.475 e. The number of rotatable bonds is 4. The average molecular weight is 377 g/mol. The molecule has 0 atom stereocenters. The van der Waals surface area contributed by atoms with E-state index in [9.17, 15) is 13.2 Å². The first-order valence-electron chi connectivity index (χ1n) is 4.88. The molecule has 0 spiro atoms. The van der Waals surface area contributed by atoms with E-state index in [4.69, 9.17) is 14.8 Å². The Kier molecular flexibility index (Phi) is 3.85. The first kappa shape index (κ1) is 14.6. The standard InChI is InChI=1S/C10H5BrN2O5S2/c11-8-7(3-6(18-8)10(14)15)20(16,17)13-9-5(4-12)1-2-19-9/h1-3,13H,(H,14,15). The van der Waals surface area contributed by atoms with Crippen molar-refractivity contribution in [3.8, 4) is 6.07 Å². The summed E-state index contributed by atoms with van der Waals surface area (Å²) in [5.74, 6) is -1.90. The number of thiophene rings is 1. The topological polar surface area (TPSA) is 120 Å². The molecule has 0 aliphatic heterocycles. The molecule has 2 rings (SSSR count). The van der Waals surface area contributed by atoms with Gasteiger partial charge in [0.2, 0.25) is 5.76 Å². The third kappa shape index (κ3) is 2.69. The van der Waals surface area contributed by atoms with Gasteiger partial charge in [-0.05, 0) is 27.4 Å². The van der Waals surface area contributed by atoms with E-state index >= 15 is 0 Å². The molecule has 2 aromatic rings.